The zero-order valence-corrected chi connectivity index (χ0v) is 16.9. The summed E-state index contributed by atoms with van der Waals surface area (Å²) in [6.07, 6.45) is 2.75. The summed E-state index contributed by atoms with van der Waals surface area (Å²) in [5.41, 5.74) is 0. The first-order valence-corrected chi connectivity index (χ1v) is 11.3. The minimum absolute atomic E-state index is 0.121. The molecule has 1 aliphatic heterocycles. The fourth-order valence-corrected chi connectivity index (χ4v) is 5.15. The number of benzene rings is 1. The average molecular weight is 430 g/mol. The van der Waals surface area contributed by atoms with Crippen LogP contribution in [0.15, 0.2) is 40.6 Å². The highest BCUT2D eigenvalue weighted by Gasteiger charge is 2.33. The molecule has 1 aromatic heterocycles. The highest BCUT2D eigenvalue weighted by molar-refractivity contribution is 7.99. The van der Waals surface area contributed by atoms with Gasteiger partial charge in [0.25, 0.3) is 0 Å². The molecule has 0 aliphatic carbocycles. The van der Waals surface area contributed by atoms with Gasteiger partial charge in [0.2, 0.25) is 15.9 Å². The van der Waals surface area contributed by atoms with Gasteiger partial charge in [-0.3, -0.25) is 9.89 Å². The number of aromatic nitrogens is 3. The SMILES string of the molecule is O=C(NCCSc1ncn[nH]1)C1CCCN(S(=O)(=O)c2ccc(Cl)cc2)C1. The molecule has 1 unspecified atom stereocenters. The van der Waals surface area contributed by atoms with Gasteiger partial charge >= 0.3 is 0 Å². The van der Waals surface area contributed by atoms with Crippen LogP contribution in [0.25, 0.3) is 0 Å². The van der Waals surface area contributed by atoms with E-state index >= 15 is 0 Å². The van der Waals surface area contributed by atoms with E-state index in [2.05, 4.69) is 20.5 Å². The summed E-state index contributed by atoms with van der Waals surface area (Å²) in [7, 11) is -3.63. The number of hydrogen-bond donors (Lipinski definition) is 2. The largest absolute Gasteiger partial charge is 0.355 e. The maximum absolute atomic E-state index is 12.8. The van der Waals surface area contributed by atoms with Crippen LogP contribution >= 0.6 is 23.4 Å². The van der Waals surface area contributed by atoms with Gasteiger partial charge in [-0.2, -0.15) is 9.40 Å². The lowest BCUT2D eigenvalue weighted by Crippen LogP contribution is -2.45. The van der Waals surface area contributed by atoms with E-state index in [-0.39, 0.29) is 23.3 Å². The first-order chi connectivity index (χ1) is 13.0. The predicted molar refractivity (Wildman–Crippen MR) is 103 cm³/mol. The Morgan fingerprint density at radius 2 is 2.15 bits per heavy atom. The van der Waals surface area contributed by atoms with Crippen LogP contribution in [0.3, 0.4) is 0 Å². The lowest BCUT2D eigenvalue weighted by atomic mass is 9.99. The van der Waals surface area contributed by atoms with Gasteiger partial charge in [0.05, 0.1) is 10.8 Å². The molecule has 8 nitrogen and oxygen atoms in total. The number of piperidine rings is 1. The monoisotopic (exact) mass is 429 g/mol. The van der Waals surface area contributed by atoms with Crippen LogP contribution in [-0.2, 0) is 14.8 Å². The van der Waals surface area contributed by atoms with Gasteiger partial charge in [0.15, 0.2) is 5.16 Å². The molecule has 2 heterocycles. The Bertz CT molecular complexity index is 859. The van der Waals surface area contributed by atoms with Crippen molar-refractivity contribution in [2.75, 3.05) is 25.4 Å². The van der Waals surface area contributed by atoms with Crippen molar-refractivity contribution in [1.29, 1.82) is 0 Å². The molecule has 27 heavy (non-hydrogen) atoms. The molecule has 146 valence electrons. The van der Waals surface area contributed by atoms with Crippen molar-refractivity contribution in [2.45, 2.75) is 22.9 Å². The van der Waals surface area contributed by atoms with E-state index in [4.69, 9.17) is 11.6 Å². The van der Waals surface area contributed by atoms with Gasteiger partial charge < -0.3 is 5.32 Å². The van der Waals surface area contributed by atoms with Crippen LogP contribution < -0.4 is 5.32 Å². The number of nitrogens with zero attached hydrogens (tertiary/aromatic N) is 3. The second-order valence-electron chi connectivity index (χ2n) is 6.09. The fourth-order valence-electron chi connectivity index (χ4n) is 2.86. The molecule has 1 atom stereocenters. The van der Waals surface area contributed by atoms with E-state index in [1.54, 1.807) is 12.1 Å². The number of halogens is 1. The third-order valence-electron chi connectivity index (χ3n) is 4.24. The first-order valence-electron chi connectivity index (χ1n) is 8.48. The van der Waals surface area contributed by atoms with E-state index in [9.17, 15) is 13.2 Å². The molecule has 0 saturated carbocycles. The Morgan fingerprint density at radius 3 is 2.85 bits per heavy atom. The number of rotatable bonds is 7. The molecule has 1 aliphatic rings. The normalized spacial score (nSPS) is 18.3. The molecule has 0 radical (unpaired) electrons. The molecule has 1 aromatic carbocycles. The number of sulfonamides is 1. The van der Waals surface area contributed by atoms with Crippen molar-refractivity contribution in [3.8, 4) is 0 Å². The smallest absolute Gasteiger partial charge is 0.243 e. The molecular formula is C16H20ClN5O3S2. The zero-order chi connectivity index (χ0) is 19.3. The average Bonchev–Trinajstić information content (AvgIpc) is 3.19. The molecule has 0 spiro atoms. The van der Waals surface area contributed by atoms with Gasteiger partial charge in [-0.15, -0.1) is 0 Å². The second kappa shape index (κ2) is 9.05. The standard InChI is InChI=1S/C16H20ClN5O3S2/c17-13-3-5-14(6-4-13)27(24,25)22-8-1-2-12(10-22)15(23)18-7-9-26-16-19-11-20-21-16/h3-6,11-12H,1-2,7-10H2,(H,18,23)(H,19,20,21). The number of nitrogens with one attached hydrogen (secondary N) is 2. The van der Waals surface area contributed by atoms with Gasteiger partial charge in [0, 0.05) is 30.4 Å². The Labute approximate surface area is 167 Å². The number of aromatic amines is 1. The predicted octanol–water partition coefficient (Wildman–Crippen LogP) is 1.77. The van der Waals surface area contributed by atoms with Crippen LogP contribution in [-0.4, -0.2) is 59.2 Å². The van der Waals surface area contributed by atoms with Crippen LogP contribution in [0.1, 0.15) is 12.8 Å². The summed E-state index contributed by atoms with van der Waals surface area (Å²) in [5, 5.41) is 10.5. The van der Waals surface area contributed by atoms with Crippen LogP contribution in [0.2, 0.25) is 5.02 Å². The Hall–Kier alpha value is -1.62. The third kappa shape index (κ3) is 5.22. The summed E-state index contributed by atoms with van der Waals surface area (Å²) in [6, 6.07) is 6.08. The number of H-pyrrole nitrogens is 1. The fraction of sp³-hybridized carbons (Fsp3) is 0.438. The molecule has 11 heteroatoms. The van der Waals surface area contributed by atoms with Crippen LogP contribution in [0.5, 0.6) is 0 Å². The van der Waals surface area contributed by atoms with E-state index < -0.39 is 10.0 Å². The highest BCUT2D eigenvalue weighted by Crippen LogP contribution is 2.25. The molecule has 1 amide bonds. The van der Waals surface area contributed by atoms with Gasteiger partial charge in [0.1, 0.15) is 6.33 Å². The van der Waals surface area contributed by atoms with Gasteiger partial charge in [-0.05, 0) is 37.1 Å². The molecule has 1 saturated heterocycles. The summed E-state index contributed by atoms with van der Waals surface area (Å²) < 4.78 is 27.0. The molecule has 1 fully saturated rings. The van der Waals surface area contributed by atoms with Crippen LogP contribution in [0, 0.1) is 5.92 Å². The van der Waals surface area contributed by atoms with E-state index in [0.717, 1.165) is 0 Å². The van der Waals surface area contributed by atoms with E-state index in [1.807, 2.05) is 0 Å². The lowest BCUT2D eigenvalue weighted by molar-refractivity contribution is -0.125. The quantitative estimate of drug-likeness (QED) is 0.513. The van der Waals surface area contributed by atoms with Gasteiger partial charge in [-0.1, -0.05) is 23.4 Å². The minimum atomic E-state index is -3.63. The summed E-state index contributed by atoms with van der Waals surface area (Å²) >= 11 is 7.29. The third-order valence-corrected chi connectivity index (χ3v) is 7.25. The molecule has 2 N–H and O–H groups in total. The van der Waals surface area contributed by atoms with Crippen molar-refractivity contribution in [1.82, 2.24) is 24.8 Å². The lowest BCUT2D eigenvalue weighted by Gasteiger charge is -2.31. The van der Waals surface area contributed by atoms with Crippen LogP contribution in [0.4, 0.5) is 0 Å². The molecular weight excluding hydrogens is 410 g/mol. The summed E-state index contributed by atoms with van der Waals surface area (Å²) in [6.45, 7) is 1.08. The number of carbonyl (C=O) groups excluding carboxylic acids is 1. The van der Waals surface area contributed by atoms with Gasteiger partial charge in [-0.25, -0.2) is 13.4 Å². The van der Waals surface area contributed by atoms with E-state index in [0.29, 0.717) is 41.9 Å². The molecule has 3 rings (SSSR count). The highest BCUT2D eigenvalue weighted by atomic mass is 35.5. The molecule has 0 bridgehead atoms. The number of amides is 1. The maximum atomic E-state index is 12.8. The Morgan fingerprint density at radius 1 is 1.37 bits per heavy atom. The summed E-state index contributed by atoms with van der Waals surface area (Å²) in [4.78, 5) is 16.6. The molecule has 2 aromatic rings. The Balaban J connectivity index is 1.53. The second-order valence-corrected chi connectivity index (χ2v) is 9.54. The Kier molecular flexibility index (Phi) is 6.74. The van der Waals surface area contributed by atoms with Crippen molar-refractivity contribution in [2.24, 2.45) is 5.92 Å². The van der Waals surface area contributed by atoms with Crippen molar-refractivity contribution >= 4 is 39.3 Å². The number of carbonyl (C=O) groups is 1. The van der Waals surface area contributed by atoms with E-state index in [1.165, 1.54) is 34.5 Å². The van der Waals surface area contributed by atoms with Crippen molar-refractivity contribution < 1.29 is 13.2 Å². The first kappa shape index (κ1) is 20.1. The zero-order valence-electron chi connectivity index (χ0n) is 14.5. The van der Waals surface area contributed by atoms with Crippen molar-refractivity contribution in [3.05, 3.63) is 35.6 Å². The summed E-state index contributed by atoms with van der Waals surface area (Å²) in [5.74, 6) is 0.181. The maximum Gasteiger partial charge on any atom is 0.243 e. The number of hydrogen-bond acceptors (Lipinski definition) is 6. The topological polar surface area (TPSA) is 108 Å². The van der Waals surface area contributed by atoms with Crippen molar-refractivity contribution in [3.63, 3.8) is 0 Å². The minimum Gasteiger partial charge on any atom is -0.355 e. The number of thioether (sulfide) groups is 1.